The minimum atomic E-state index is -0.862. The zero-order valence-electron chi connectivity index (χ0n) is 19.8. The molecular formula is C29H30N2O4. The Labute approximate surface area is 205 Å². The second-order valence-electron chi connectivity index (χ2n) is 9.44. The van der Waals surface area contributed by atoms with Crippen LogP contribution in [0, 0.1) is 0 Å². The summed E-state index contributed by atoms with van der Waals surface area (Å²) in [6, 6.07) is 17.9. The van der Waals surface area contributed by atoms with Gasteiger partial charge in [-0.05, 0) is 72.1 Å². The number of hydrogen-bond donors (Lipinski definition) is 1. The summed E-state index contributed by atoms with van der Waals surface area (Å²) in [6.45, 7) is 1.80. The monoisotopic (exact) mass is 470 g/mol. The normalized spacial score (nSPS) is 18.2. The Bertz CT molecular complexity index is 1200. The van der Waals surface area contributed by atoms with Crippen molar-refractivity contribution in [2.45, 2.75) is 51.0 Å². The predicted molar refractivity (Wildman–Crippen MR) is 133 cm³/mol. The third kappa shape index (κ3) is 5.37. The number of aryl methyl sites for hydroxylation is 1. The minimum absolute atomic E-state index is 0.0321. The number of rotatable bonds is 2. The first-order valence-corrected chi connectivity index (χ1v) is 12.4. The van der Waals surface area contributed by atoms with Crippen molar-refractivity contribution in [1.82, 2.24) is 9.88 Å². The van der Waals surface area contributed by atoms with E-state index in [9.17, 15) is 14.7 Å². The molecule has 2 aromatic carbocycles. The molecule has 35 heavy (non-hydrogen) atoms. The van der Waals surface area contributed by atoms with E-state index < -0.39 is 5.97 Å². The van der Waals surface area contributed by atoms with Gasteiger partial charge in [0.1, 0.15) is 0 Å². The van der Waals surface area contributed by atoms with Crippen LogP contribution in [0.15, 0.2) is 60.8 Å². The largest absolute Gasteiger partial charge is 0.481 e. The number of ether oxygens (including phenoxy) is 1. The Morgan fingerprint density at radius 1 is 0.971 bits per heavy atom. The number of aliphatic carboxylic acids is 1. The van der Waals surface area contributed by atoms with Crippen LogP contribution in [0.1, 0.15) is 69.8 Å². The summed E-state index contributed by atoms with van der Waals surface area (Å²) >= 11 is 0. The van der Waals surface area contributed by atoms with Gasteiger partial charge >= 0.3 is 5.97 Å². The molecule has 0 aliphatic carbocycles. The van der Waals surface area contributed by atoms with Crippen molar-refractivity contribution in [2.75, 3.05) is 13.2 Å². The summed E-state index contributed by atoms with van der Waals surface area (Å²) in [4.78, 5) is 31.3. The summed E-state index contributed by atoms with van der Waals surface area (Å²) < 4.78 is 5.82. The van der Waals surface area contributed by atoms with Crippen LogP contribution >= 0.6 is 0 Å². The summed E-state index contributed by atoms with van der Waals surface area (Å²) in [6.07, 6.45) is 6.50. The first kappa shape index (κ1) is 23.1. The van der Waals surface area contributed by atoms with Gasteiger partial charge < -0.3 is 14.7 Å². The van der Waals surface area contributed by atoms with Crippen LogP contribution in [0.4, 0.5) is 0 Å². The number of aromatic nitrogens is 1. The number of carbonyl (C=O) groups excluding carboxylic acids is 1. The first-order chi connectivity index (χ1) is 17.1. The van der Waals surface area contributed by atoms with E-state index in [4.69, 9.17) is 4.74 Å². The van der Waals surface area contributed by atoms with E-state index >= 15 is 0 Å². The van der Waals surface area contributed by atoms with Crippen LogP contribution in [-0.4, -0.2) is 40.0 Å². The lowest BCUT2D eigenvalue weighted by Gasteiger charge is -2.30. The number of hydrogen-bond acceptors (Lipinski definition) is 4. The molecule has 0 radical (unpaired) electrons. The minimum Gasteiger partial charge on any atom is -0.481 e. The molecule has 3 aromatic rings. The quantitative estimate of drug-likeness (QED) is 0.571. The van der Waals surface area contributed by atoms with Crippen LogP contribution < -0.4 is 4.74 Å². The van der Waals surface area contributed by atoms with Crippen molar-refractivity contribution in [1.29, 1.82) is 0 Å². The maximum atomic E-state index is 13.2. The number of carboxylic acid groups (broad SMARTS) is 1. The molecule has 0 saturated heterocycles. The number of benzene rings is 2. The van der Waals surface area contributed by atoms with Crippen molar-refractivity contribution in [3.05, 3.63) is 94.2 Å². The molecule has 1 atom stereocenters. The van der Waals surface area contributed by atoms with Crippen LogP contribution in [0.5, 0.6) is 5.88 Å². The molecule has 5 aliphatic heterocycles. The lowest BCUT2D eigenvalue weighted by molar-refractivity contribution is -0.137. The molecule has 1 N–H and O–H groups in total. The molecule has 0 fully saturated rings. The van der Waals surface area contributed by atoms with Crippen molar-refractivity contribution < 1.29 is 19.4 Å². The standard InChI is InChI=1S/C29H30N2O4/c32-28(33)17-26-23-10-9-21-13-14-31(19-25(21)16-23)29(34)22-7-5-20(6-8-22)4-2-1-3-15-35-27-12-11-24(26)18-30-27/h5-12,16,18,26H,1-4,13-15,17,19H2,(H,32,33). The fraction of sp³-hybridized carbons (Fsp3) is 0.345. The summed E-state index contributed by atoms with van der Waals surface area (Å²) in [5.74, 6) is -0.590. The molecule has 1 unspecified atom stereocenters. The fourth-order valence-corrected chi connectivity index (χ4v) is 5.03. The summed E-state index contributed by atoms with van der Waals surface area (Å²) in [5, 5.41) is 9.61. The highest BCUT2D eigenvalue weighted by molar-refractivity contribution is 5.94. The van der Waals surface area contributed by atoms with E-state index in [0.717, 1.165) is 48.8 Å². The van der Waals surface area contributed by atoms with Crippen molar-refractivity contribution in [3.63, 3.8) is 0 Å². The van der Waals surface area contributed by atoms with Gasteiger partial charge in [-0.25, -0.2) is 4.98 Å². The molecule has 180 valence electrons. The van der Waals surface area contributed by atoms with Gasteiger partial charge in [0.05, 0.1) is 13.0 Å². The third-order valence-electron chi connectivity index (χ3n) is 7.03. The lowest BCUT2D eigenvalue weighted by atomic mass is 9.86. The molecule has 6 heteroatoms. The van der Waals surface area contributed by atoms with Gasteiger partial charge in [-0.1, -0.05) is 36.4 Å². The number of amides is 1. The topological polar surface area (TPSA) is 79.7 Å². The van der Waals surface area contributed by atoms with Gasteiger partial charge in [0.2, 0.25) is 5.88 Å². The molecule has 1 amide bonds. The zero-order valence-corrected chi connectivity index (χ0v) is 19.8. The second kappa shape index (κ2) is 10.3. The number of nitrogens with zero attached hydrogens (tertiary/aromatic N) is 2. The van der Waals surface area contributed by atoms with E-state index in [2.05, 4.69) is 29.2 Å². The molecule has 7 bridgehead atoms. The van der Waals surface area contributed by atoms with Gasteiger partial charge in [0.25, 0.3) is 5.91 Å². The van der Waals surface area contributed by atoms with Crippen LogP contribution in [-0.2, 0) is 24.2 Å². The molecule has 0 saturated carbocycles. The average molecular weight is 471 g/mol. The van der Waals surface area contributed by atoms with E-state index in [0.29, 0.717) is 31.1 Å². The molecule has 8 rings (SSSR count). The predicted octanol–water partition coefficient (Wildman–Crippen LogP) is 4.99. The molecule has 0 spiro atoms. The fourth-order valence-electron chi connectivity index (χ4n) is 5.03. The zero-order chi connectivity index (χ0) is 24.2. The van der Waals surface area contributed by atoms with Crippen LogP contribution in [0.3, 0.4) is 0 Å². The highest BCUT2D eigenvalue weighted by atomic mass is 16.5. The van der Waals surface area contributed by atoms with Crippen molar-refractivity contribution in [2.24, 2.45) is 0 Å². The number of carbonyl (C=O) groups is 2. The Kier molecular flexibility index (Phi) is 6.80. The highest BCUT2D eigenvalue weighted by Crippen LogP contribution is 2.32. The molecular weight excluding hydrogens is 440 g/mol. The molecule has 5 aliphatic rings. The number of carboxylic acids is 1. The Hall–Kier alpha value is -3.67. The van der Waals surface area contributed by atoms with Gasteiger partial charge in [0.15, 0.2) is 0 Å². The third-order valence-corrected chi connectivity index (χ3v) is 7.03. The smallest absolute Gasteiger partial charge is 0.304 e. The van der Waals surface area contributed by atoms with E-state index in [1.807, 2.05) is 35.2 Å². The SMILES string of the molecule is O=C(O)CC1c2ccc(nc2)OCCCCCc2ccc(cc2)C(=O)N2CCc3ccc1cc3C2. The average Bonchev–Trinajstić information content (AvgIpc) is 2.88. The molecule has 1 aromatic heterocycles. The Morgan fingerprint density at radius 3 is 2.57 bits per heavy atom. The van der Waals surface area contributed by atoms with Gasteiger partial charge in [-0.3, -0.25) is 9.59 Å². The van der Waals surface area contributed by atoms with E-state index in [-0.39, 0.29) is 18.2 Å². The maximum absolute atomic E-state index is 13.2. The van der Waals surface area contributed by atoms with E-state index in [1.165, 1.54) is 11.1 Å². The van der Waals surface area contributed by atoms with Crippen molar-refractivity contribution in [3.8, 4) is 5.88 Å². The lowest BCUT2D eigenvalue weighted by Crippen LogP contribution is -2.36. The van der Waals surface area contributed by atoms with Crippen molar-refractivity contribution >= 4 is 11.9 Å². The first-order valence-electron chi connectivity index (χ1n) is 12.4. The maximum Gasteiger partial charge on any atom is 0.304 e. The van der Waals surface area contributed by atoms with Crippen LogP contribution in [0.2, 0.25) is 0 Å². The highest BCUT2D eigenvalue weighted by Gasteiger charge is 2.25. The number of pyridine rings is 1. The second-order valence-corrected chi connectivity index (χ2v) is 9.44. The Balaban J connectivity index is 1.49. The summed E-state index contributed by atoms with van der Waals surface area (Å²) in [7, 11) is 0. The van der Waals surface area contributed by atoms with Gasteiger partial charge in [-0.2, -0.15) is 0 Å². The summed E-state index contributed by atoms with van der Waals surface area (Å²) in [5.41, 5.74) is 6.00. The molecule has 6 heterocycles. The molecule has 6 nitrogen and oxygen atoms in total. The van der Waals surface area contributed by atoms with Gasteiger partial charge in [-0.15, -0.1) is 0 Å². The Morgan fingerprint density at radius 2 is 1.80 bits per heavy atom. The van der Waals surface area contributed by atoms with Gasteiger partial charge in [0, 0.05) is 36.8 Å². The van der Waals surface area contributed by atoms with E-state index in [1.54, 1.807) is 6.20 Å². The van der Waals surface area contributed by atoms with Crippen LogP contribution in [0.25, 0.3) is 0 Å².